The van der Waals surface area contributed by atoms with Crippen LogP contribution in [0.2, 0.25) is 0 Å². The second-order valence-corrected chi connectivity index (χ2v) is 21.3. The van der Waals surface area contributed by atoms with E-state index in [9.17, 15) is 0 Å². The van der Waals surface area contributed by atoms with Crippen LogP contribution in [0.3, 0.4) is 0 Å². The van der Waals surface area contributed by atoms with Gasteiger partial charge in [0.1, 0.15) is 0 Å². The van der Waals surface area contributed by atoms with Gasteiger partial charge >= 0.3 is 0 Å². The highest BCUT2D eigenvalue weighted by atomic mass is 32.1. The van der Waals surface area contributed by atoms with Crippen molar-refractivity contribution in [1.82, 2.24) is 4.57 Å². The van der Waals surface area contributed by atoms with Gasteiger partial charge in [0.15, 0.2) is 7.28 Å². The van der Waals surface area contributed by atoms with Crippen LogP contribution in [-0.2, 0) is 16.2 Å². The van der Waals surface area contributed by atoms with Crippen LogP contribution in [0.1, 0.15) is 76.3 Å². The van der Waals surface area contributed by atoms with Crippen LogP contribution >= 0.6 is 11.3 Å². The van der Waals surface area contributed by atoms with E-state index in [1.165, 1.54) is 120 Å². The van der Waals surface area contributed by atoms with Gasteiger partial charge in [-0.25, -0.2) is 0 Å². The molecule has 3 heterocycles. The number of hydrogen-bond donors (Lipinski definition) is 1. The highest BCUT2D eigenvalue weighted by Gasteiger charge is 2.39. The van der Waals surface area contributed by atoms with Crippen LogP contribution in [0.25, 0.3) is 81.0 Å². The molecule has 2 nitrogen and oxygen atoms in total. The Bertz CT molecular complexity index is 3610. The van der Waals surface area contributed by atoms with Crippen LogP contribution in [0.15, 0.2) is 146 Å². The Morgan fingerprint density at radius 3 is 1.90 bits per heavy atom. The van der Waals surface area contributed by atoms with Crippen molar-refractivity contribution in [3.8, 4) is 39.1 Å². The minimum absolute atomic E-state index is 0.0836. The van der Waals surface area contributed by atoms with Crippen molar-refractivity contribution in [2.45, 2.75) is 64.7 Å². The first kappa shape index (κ1) is 36.3. The first-order valence-corrected chi connectivity index (χ1v) is 23.0. The third-order valence-corrected chi connectivity index (χ3v) is 16.1. The normalized spacial score (nSPS) is 15.1. The van der Waals surface area contributed by atoms with Gasteiger partial charge in [-0.3, -0.25) is 0 Å². The fraction of sp³-hybridized carbons (Fsp3) is 0.172. The fourth-order valence-electron chi connectivity index (χ4n) is 11.7. The number of anilines is 2. The standard InChI is InChI=1S/C58H47BN2S/c1-56(2,3)32-20-22-33(23-21-32)60-49-30-47-39(34-14-8-11-17-44(34)58(47,6)7)26-41(49)37-24-25-38-42-27-43-36-16-10-13-19-52(36)62-53(43)31-50(42)61-51-28-40-35-15-9-12-18-45(35)57(4,5)46(40)29-48(51)59-54(37)55(38)61/h8-31,59-60H,1-7H3. The Labute approximate surface area is 368 Å². The molecule has 0 radical (unpaired) electrons. The molecule has 0 atom stereocenters. The summed E-state index contributed by atoms with van der Waals surface area (Å²) in [6.45, 7) is 16.4. The molecule has 0 fully saturated rings. The van der Waals surface area contributed by atoms with Gasteiger partial charge in [0.2, 0.25) is 0 Å². The van der Waals surface area contributed by atoms with E-state index in [0.29, 0.717) is 0 Å². The van der Waals surface area contributed by atoms with Gasteiger partial charge in [0.25, 0.3) is 0 Å². The lowest BCUT2D eigenvalue weighted by molar-refractivity contribution is 0.590. The van der Waals surface area contributed by atoms with Gasteiger partial charge in [-0.2, -0.15) is 0 Å². The number of aromatic nitrogens is 1. The van der Waals surface area contributed by atoms with Crippen molar-refractivity contribution in [3.63, 3.8) is 0 Å². The number of hydrogen-bond acceptors (Lipinski definition) is 2. The van der Waals surface area contributed by atoms with Crippen LogP contribution in [0.4, 0.5) is 11.4 Å². The van der Waals surface area contributed by atoms with Gasteiger partial charge < -0.3 is 9.88 Å². The Morgan fingerprint density at radius 1 is 0.516 bits per heavy atom. The Hall–Kier alpha value is -6.36. The summed E-state index contributed by atoms with van der Waals surface area (Å²) in [5.41, 5.74) is 23.7. The van der Waals surface area contributed by atoms with E-state index in [0.717, 1.165) is 18.7 Å². The summed E-state index contributed by atoms with van der Waals surface area (Å²) >= 11 is 1.91. The van der Waals surface area contributed by atoms with Gasteiger partial charge in [-0.1, -0.05) is 151 Å². The van der Waals surface area contributed by atoms with Gasteiger partial charge in [0.05, 0.1) is 5.52 Å². The number of nitrogens with zero attached hydrogens (tertiary/aromatic N) is 1. The molecule has 0 saturated heterocycles. The summed E-state index contributed by atoms with van der Waals surface area (Å²) in [7, 11) is 0.855. The molecule has 2 aromatic heterocycles. The van der Waals surface area contributed by atoms with Crippen molar-refractivity contribution in [2.75, 3.05) is 5.32 Å². The minimum atomic E-state index is -0.123. The molecule has 2 aliphatic carbocycles. The highest BCUT2D eigenvalue weighted by Crippen LogP contribution is 2.53. The van der Waals surface area contributed by atoms with Crippen LogP contribution in [0, 0.1) is 0 Å². The number of nitrogens with one attached hydrogen (secondary N) is 1. The third-order valence-electron chi connectivity index (χ3n) is 15.0. The Balaban J connectivity index is 1.11. The molecule has 0 amide bonds. The van der Waals surface area contributed by atoms with Crippen molar-refractivity contribution in [1.29, 1.82) is 0 Å². The van der Waals surface area contributed by atoms with Crippen molar-refractivity contribution in [2.24, 2.45) is 0 Å². The Morgan fingerprint density at radius 2 is 1.18 bits per heavy atom. The lowest BCUT2D eigenvalue weighted by Gasteiger charge is -2.27. The van der Waals surface area contributed by atoms with Crippen molar-refractivity contribution in [3.05, 3.63) is 173 Å². The summed E-state index contributed by atoms with van der Waals surface area (Å²) in [5, 5.41) is 9.33. The molecular weight excluding hydrogens is 768 g/mol. The average molecular weight is 815 g/mol. The molecule has 0 unspecified atom stereocenters. The third kappa shape index (κ3) is 4.82. The van der Waals surface area contributed by atoms with E-state index in [-0.39, 0.29) is 16.2 Å². The molecule has 0 saturated carbocycles. The number of benzene rings is 8. The van der Waals surface area contributed by atoms with Crippen molar-refractivity contribution >= 4 is 82.9 Å². The Kier molecular flexibility index (Phi) is 7.13. The maximum absolute atomic E-state index is 4.01. The largest absolute Gasteiger partial charge is 0.355 e. The van der Waals surface area contributed by atoms with E-state index in [4.69, 9.17) is 0 Å². The molecule has 0 spiro atoms. The molecule has 8 aromatic carbocycles. The van der Waals surface area contributed by atoms with E-state index in [2.05, 4.69) is 204 Å². The van der Waals surface area contributed by atoms with Gasteiger partial charge in [-0.15, -0.1) is 11.3 Å². The monoisotopic (exact) mass is 814 g/mol. The summed E-state index contributed by atoms with van der Waals surface area (Å²) in [4.78, 5) is 0. The summed E-state index contributed by atoms with van der Waals surface area (Å²) in [6.07, 6.45) is 0. The van der Waals surface area contributed by atoms with Gasteiger partial charge in [0, 0.05) is 69.9 Å². The predicted octanol–water partition coefficient (Wildman–Crippen LogP) is 14.2. The first-order valence-electron chi connectivity index (χ1n) is 22.2. The molecule has 0 bridgehead atoms. The zero-order chi connectivity index (χ0) is 42.0. The molecular formula is C58H47BN2S. The molecule has 1 aliphatic heterocycles. The highest BCUT2D eigenvalue weighted by molar-refractivity contribution is 7.25. The second-order valence-electron chi connectivity index (χ2n) is 20.2. The lowest BCUT2D eigenvalue weighted by atomic mass is 9.58. The summed E-state index contributed by atoms with van der Waals surface area (Å²) in [6, 6.07) is 56.0. The smallest absolute Gasteiger partial charge is 0.198 e. The quantitative estimate of drug-likeness (QED) is 0.176. The molecule has 3 aliphatic rings. The van der Waals surface area contributed by atoms with Gasteiger partial charge in [-0.05, 0) is 115 Å². The molecule has 4 heteroatoms. The number of rotatable bonds is 3. The van der Waals surface area contributed by atoms with Crippen LogP contribution in [0.5, 0.6) is 0 Å². The lowest BCUT2D eigenvalue weighted by Crippen LogP contribution is -2.38. The molecule has 298 valence electrons. The minimum Gasteiger partial charge on any atom is -0.355 e. The second kappa shape index (κ2) is 12.2. The SMILES string of the molecule is CC(C)(C)c1ccc(Nc2cc3c(cc2-c2ccc4c5cc6c(cc5n5c4c2Bc2cc4c(cc2-5)-c2ccccc2C4(C)C)sc2ccccc26)-c2ccccc2C3(C)C)cc1. The maximum Gasteiger partial charge on any atom is 0.198 e. The van der Waals surface area contributed by atoms with E-state index >= 15 is 0 Å². The molecule has 62 heavy (non-hydrogen) atoms. The average Bonchev–Trinajstić information content (AvgIpc) is 3.93. The summed E-state index contributed by atoms with van der Waals surface area (Å²) in [5.74, 6) is 0. The van der Waals surface area contributed by atoms with E-state index in [1.807, 2.05) is 11.3 Å². The van der Waals surface area contributed by atoms with Crippen LogP contribution < -0.4 is 16.2 Å². The zero-order valence-electron chi connectivity index (χ0n) is 36.4. The summed E-state index contributed by atoms with van der Waals surface area (Å²) < 4.78 is 5.32. The topological polar surface area (TPSA) is 17.0 Å². The molecule has 13 rings (SSSR count). The number of fused-ring (bicyclic) bond motifs is 14. The van der Waals surface area contributed by atoms with E-state index < -0.39 is 0 Å². The first-order chi connectivity index (χ1) is 29.9. The van der Waals surface area contributed by atoms with Crippen molar-refractivity contribution < 1.29 is 0 Å². The van der Waals surface area contributed by atoms with E-state index in [1.54, 1.807) is 0 Å². The van der Waals surface area contributed by atoms with Crippen LogP contribution in [-0.4, -0.2) is 11.8 Å². The fourth-order valence-corrected chi connectivity index (χ4v) is 12.8. The predicted molar refractivity (Wildman–Crippen MR) is 269 cm³/mol. The molecule has 1 N–H and O–H groups in total. The maximum atomic E-state index is 4.01. The molecule has 10 aromatic rings. The number of thiophene rings is 1. The zero-order valence-corrected chi connectivity index (χ0v) is 37.2.